The SMILES string of the molecule is CCCNC(=O)CN1CCN(C(=O)COc2ccccc2C)CC1. The van der Waals surface area contributed by atoms with E-state index in [-0.39, 0.29) is 18.4 Å². The van der Waals surface area contributed by atoms with Crippen molar-refractivity contribution in [3.8, 4) is 5.75 Å². The van der Waals surface area contributed by atoms with Gasteiger partial charge < -0.3 is 15.0 Å². The molecule has 2 amide bonds. The zero-order valence-electron chi connectivity index (χ0n) is 14.6. The number of nitrogens with one attached hydrogen (secondary N) is 1. The van der Waals surface area contributed by atoms with E-state index in [0.29, 0.717) is 26.2 Å². The Morgan fingerprint density at radius 1 is 1.17 bits per heavy atom. The number of carbonyl (C=O) groups excluding carboxylic acids is 2. The second kappa shape index (κ2) is 9.27. The normalized spacial score (nSPS) is 15.2. The Labute approximate surface area is 143 Å². The van der Waals surface area contributed by atoms with Crippen molar-refractivity contribution in [2.75, 3.05) is 45.9 Å². The van der Waals surface area contributed by atoms with Gasteiger partial charge in [-0.3, -0.25) is 14.5 Å². The molecule has 24 heavy (non-hydrogen) atoms. The van der Waals surface area contributed by atoms with Crippen molar-refractivity contribution in [3.63, 3.8) is 0 Å². The van der Waals surface area contributed by atoms with E-state index in [4.69, 9.17) is 4.74 Å². The number of piperazine rings is 1. The summed E-state index contributed by atoms with van der Waals surface area (Å²) in [5.74, 6) is 0.796. The van der Waals surface area contributed by atoms with E-state index in [1.165, 1.54) is 0 Å². The van der Waals surface area contributed by atoms with Crippen LogP contribution in [0.15, 0.2) is 24.3 Å². The fourth-order valence-corrected chi connectivity index (χ4v) is 2.63. The molecule has 132 valence electrons. The lowest BCUT2D eigenvalue weighted by atomic mass is 10.2. The second-order valence-corrected chi connectivity index (χ2v) is 6.06. The van der Waals surface area contributed by atoms with E-state index >= 15 is 0 Å². The van der Waals surface area contributed by atoms with Crippen LogP contribution in [0, 0.1) is 6.92 Å². The third-order valence-corrected chi connectivity index (χ3v) is 4.11. The van der Waals surface area contributed by atoms with Gasteiger partial charge in [-0.25, -0.2) is 0 Å². The standard InChI is InChI=1S/C18H27N3O3/c1-3-8-19-17(22)13-20-9-11-21(12-10-20)18(23)14-24-16-7-5-4-6-15(16)2/h4-7H,3,8-14H2,1-2H3,(H,19,22). The highest BCUT2D eigenvalue weighted by Crippen LogP contribution is 2.16. The van der Waals surface area contributed by atoms with Crippen molar-refractivity contribution >= 4 is 11.8 Å². The fraction of sp³-hybridized carbons (Fsp3) is 0.556. The molecule has 0 spiro atoms. The van der Waals surface area contributed by atoms with E-state index in [9.17, 15) is 9.59 Å². The first-order valence-corrected chi connectivity index (χ1v) is 8.55. The molecule has 0 radical (unpaired) electrons. The fourth-order valence-electron chi connectivity index (χ4n) is 2.63. The predicted octanol–water partition coefficient (Wildman–Crippen LogP) is 1.04. The molecule has 6 heteroatoms. The topological polar surface area (TPSA) is 61.9 Å². The molecular formula is C18H27N3O3. The van der Waals surface area contributed by atoms with E-state index in [2.05, 4.69) is 10.2 Å². The number of amides is 2. The average molecular weight is 333 g/mol. The first kappa shape index (κ1) is 18.3. The van der Waals surface area contributed by atoms with Gasteiger partial charge in [0.15, 0.2) is 6.61 Å². The Hall–Kier alpha value is -2.08. The minimum atomic E-state index is -0.00617. The van der Waals surface area contributed by atoms with Crippen LogP contribution in [0.4, 0.5) is 0 Å². The maximum atomic E-state index is 12.3. The molecule has 1 aliphatic heterocycles. The van der Waals surface area contributed by atoms with Crippen molar-refractivity contribution in [3.05, 3.63) is 29.8 Å². The minimum Gasteiger partial charge on any atom is -0.484 e. The van der Waals surface area contributed by atoms with Crippen molar-refractivity contribution in [2.24, 2.45) is 0 Å². The van der Waals surface area contributed by atoms with Gasteiger partial charge in [0.05, 0.1) is 6.54 Å². The van der Waals surface area contributed by atoms with Crippen molar-refractivity contribution < 1.29 is 14.3 Å². The van der Waals surface area contributed by atoms with Crippen molar-refractivity contribution in [1.82, 2.24) is 15.1 Å². The number of nitrogens with zero attached hydrogens (tertiary/aromatic N) is 2. The quantitative estimate of drug-likeness (QED) is 0.810. The third kappa shape index (κ3) is 5.53. The van der Waals surface area contributed by atoms with Crippen LogP contribution in [-0.2, 0) is 9.59 Å². The molecule has 0 saturated carbocycles. The smallest absolute Gasteiger partial charge is 0.260 e. The average Bonchev–Trinajstić information content (AvgIpc) is 2.59. The number of hydrogen-bond acceptors (Lipinski definition) is 4. The number of aryl methyl sites for hydroxylation is 1. The van der Waals surface area contributed by atoms with E-state index in [1.807, 2.05) is 38.1 Å². The molecule has 1 aliphatic rings. The van der Waals surface area contributed by atoms with Gasteiger partial charge in [0.2, 0.25) is 5.91 Å². The van der Waals surface area contributed by atoms with Gasteiger partial charge in [0.25, 0.3) is 5.91 Å². The largest absolute Gasteiger partial charge is 0.484 e. The van der Waals surface area contributed by atoms with Crippen LogP contribution in [0.5, 0.6) is 5.75 Å². The number of para-hydroxylation sites is 1. The summed E-state index contributed by atoms with van der Waals surface area (Å²) in [4.78, 5) is 27.9. The van der Waals surface area contributed by atoms with Gasteiger partial charge in [0, 0.05) is 32.7 Å². The summed E-state index contributed by atoms with van der Waals surface area (Å²) in [7, 11) is 0. The molecule has 1 aromatic carbocycles. The Bertz CT molecular complexity index is 554. The maximum absolute atomic E-state index is 12.3. The van der Waals surface area contributed by atoms with E-state index < -0.39 is 0 Å². The van der Waals surface area contributed by atoms with E-state index in [0.717, 1.165) is 30.8 Å². The van der Waals surface area contributed by atoms with Crippen LogP contribution >= 0.6 is 0 Å². The van der Waals surface area contributed by atoms with Gasteiger partial charge in [-0.1, -0.05) is 25.1 Å². The van der Waals surface area contributed by atoms with Crippen LogP contribution in [-0.4, -0.2) is 67.5 Å². The molecule has 2 rings (SSSR count). The molecular weight excluding hydrogens is 306 g/mol. The summed E-state index contributed by atoms with van der Waals surface area (Å²) >= 11 is 0. The molecule has 6 nitrogen and oxygen atoms in total. The number of ether oxygens (including phenoxy) is 1. The molecule has 1 fully saturated rings. The highest BCUT2D eigenvalue weighted by atomic mass is 16.5. The third-order valence-electron chi connectivity index (χ3n) is 4.11. The first-order chi connectivity index (χ1) is 11.6. The van der Waals surface area contributed by atoms with Crippen LogP contribution < -0.4 is 10.1 Å². The number of carbonyl (C=O) groups is 2. The Morgan fingerprint density at radius 3 is 2.54 bits per heavy atom. The highest BCUT2D eigenvalue weighted by Gasteiger charge is 2.22. The Kier molecular flexibility index (Phi) is 7.06. The van der Waals surface area contributed by atoms with E-state index in [1.54, 1.807) is 4.90 Å². The van der Waals surface area contributed by atoms with Crippen molar-refractivity contribution in [1.29, 1.82) is 0 Å². The lowest BCUT2D eigenvalue weighted by Crippen LogP contribution is -2.52. The number of rotatable bonds is 7. The van der Waals surface area contributed by atoms with Crippen molar-refractivity contribution in [2.45, 2.75) is 20.3 Å². The number of hydrogen-bond donors (Lipinski definition) is 1. The van der Waals surface area contributed by atoms with Gasteiger partial charge in [-0.15, -0.1) is 0 Å². The molecule has 1 N–H and O–H groups in total. The van der Waals surface area contributed by atoms with Gasteiger partial charge >= 0.3 is 0 Å². The van der Waals surface area contributed by atoms with Crippen LogP contribution in [0.1, 0.15) is 18.9 Å². The summed E-state index contributed by atoms with van der Waals surface area (Å²) < 4.78 is 5.62. The second-order valence-electron chi connectivity index (χ2n) is 6.06. The molecule has 1 heterocycles. The molecule has 0 atom stereocenters. The predicted molar refractivity (Wildman–Crippen MR) is 93.0 cm³/mol. The monoisotopic (exact) mass is 333 g/mol. The first-order valence-electron chi connectivity index (χ1n) is 8.55. The van der Waals surface area contributed by atoms with Gasteiger partial charge in [0.1, 0.15) is 5.75 Å². The van der Waals surface area contributed by atoms with Gasteiger partial charge in [-0.2, -0.15) is 0 Å². The molecule has 0 aromatic heterocycles. The van der Waals surface area contributed by atoms with Crippen LogP contribution in [0.25, 0.3) is 0 Å². The minimum absolute atomic E-state index is 0.00617. The summed E-state index contributed by atoms with van der Waals surface area (Å²) in [5, 5.41) is 2.88. The molecule has 0 bridgehead atoms. The molecule has 0 unspecified atom stereocenters. The molecule has 1 aromatic rings. The molecule has 0 aliphatic carbocycles. The van der Waals surface area contributed by atoms with Gasteiger partial charge in [-0.05, 0) is 25.0 Å². The number of benzene rings is 1. The van der Waals surface area contributed by atoms with Crippen LogP contribution in [0.3, 0.4) is 0 Å². The molecule has 1 saturated heterocycles. The Balaban J connectivity index is 1.71. The summed E-state index contributed by atoms with van der Waals surface area (Å²) in [6.07, 6.45) is 0.939. The lowest BCUT2D eigenvalue weighted by Gasteiger charge is -2.34. The zero-order chi connectivity index (χ0) is 17.4. The highest BCUT2D eigenvalue weighted by molar-refractivity contribution is 5.79. The van der Waals surface area contributed by atoms with Crippen LogP contribution in [0.2, 0.25) is 0 Å². The summed E-state index contributed by atoms with van der Waals surface area (Å²) in [6, 6.07) is 7.67. The zero-order valence-corrected chi connectivity index (χ0v) is 14.6. The lowest BCUT2D eigenvalue weighted by molar-refractivity contribution is -0.135. The maximum Gasteiger partial charge on any atom is 0.260 e. The summed E-state index contributed by atoms with van der Waals surface area (Å²) in [5.41, 5.74) is 1.02. The Morgan fingerprint density at radius 2 is 1.88 bits per heavy atom. The summed E-state index contributed by atoms with van der Waals surface area (Å²) in [6.45, 7) is 7.88.